The van der Waals surface area contributed by atoms with Crippen LogP contribution in [0.3, 0.4) is 0 Å². The Balaban J connectivity index is 2.70. The molecule has 0 aromatic heterocycles. The van der Waals surface area contributed by atoms with Crippen LogP contribution in [0.1, 0.15) is 123 Å². The van der Waals surface area contributed by atoms with Crippen molar-refractivity contribution in [1.29, 1.82) is 0 Å². The molecule has 9 atom stereocenters. The van der Waals surface area contributed by atoms with Crippen LogP contribution in [0.2, 0.25) is 0 Å². The minimum atomic E-state index is -5.39. The van der Waals surface area contributed by atoms with E-state index in [0.717, 1.165) is 44.9 Å². The number of carbonyl (C=O) groups excluding carboxylic acids is 2. The first-order chi connectivity index (χ1) is 34.5. The summed E-state index contributed by atoms with van der Waals surface area (Å²) in [6, 6.07) is 0. The number of phosphoric ester groups is 2. The number of aliphatic hydroxyl groups excluding tert-OH is 5. The zero-order valence-corrected chi connectivity index (χ0v) is 43.7. The van der Waals surface area contributed by atoms with Crippen LogP contribution in [0.4, 0.5) is 0 Å². The number of allylic oxidation sites excluding steroid dienone is 20. The molecule has 17 nitrogen and oxygen atoms in total. The van der Waals surface area contributed by atoms with Crippen LogP contribution in [0, 0.1) is 0 Å². The van der Waals surface area contributed by atoms with Crippen molar-refractivity contribution in [1.82, 2.24) is 0 Å². The summed E-state index contributed by atoms with van der Waals surface area (Å²) < 4.78 is 49.2. The Hall–Kier alpha value is -3.90. The van der Waals surface area contributed by atoms with Gasteiger partial charge in [-0.25, -0.2) is 9.13 Å². The average Bonchev–Trinajstić information content (AvgIpc) is 3.33. The zero-order chi connectivity index (χ0) is 53.3. The summed E-state index contributed by atoms with van der Waals surface area (Å²) in [4.78, 5) is 54.3. The van der Waals surface area contributed by atoms with Crippen LogP contribution in [-0.2, 0) is 41.8 Å². The molecule has 0 aromatic rings. The SMILES string of the molecule is CC/C=C\CC(O)/C=C/C=C/C/C=C\C/C=C\C/C=C\CCC(=O)OC[C@H](COP(=O)(O)O[C@H]1C(O)C(O)C(O)[C@@H](OP(=O)(O)O)C1O)OC(=O)CC/C=C\C/C=C\C/C=C\C/C=C\C/C=C\CCCCC. The van der Waals surface area contributed by atoms with E-state index in [9.17, 15) is 58.9 Å². The number of rotatable bonds is 39. The highest BCUT2D eigenvalue weighted by atomic mass is 31.2. The van der Waals surface area contributed by atoms with Crippen molar-refractivity contribution in [2.75, 3.05) is 13.2 Å². The fraction of sp³-hybridized carbons (Fsp3) is 0.547. The molecule has 406 valence electrons. The maximum absolute atomic E-state index is 13.0. The van der Waals surface area contributed by atoms with Gasteiger partial charge in [-0.05, 0) is 83.5 Å². The predicted molar refractivity (Wildman–Crippen MR) is 279 cm³/mol. The van der Waals surface area contributed by atoms with Crippen molar-refractivity contribution in [2.24, 2.45) is 0 Å². The fourth-order valence-corrected chi connectivity index (χ4v) is 8.01. The summed E-state index contributed by atoms with van der Waals surface area (Å²) in [5.41, 5.74) is 0. The third-order valence-electron chi connectivity index (χ3n) is 10.3. The number of aliphatic hydroxyl groups is 5. The van der Waals surface area contributed by atoms with E-state index in [1.54, 1.807) is 18.2 Å². The smallest absolute Gasteiger partial charge is 0.462 e. The van der Waals surface area contributed by atoms with Crippen molar-refractivity contribution >= 4 is 27.6 Å². The molecule has 0 heterocycles. The van der Waals surface area contributed by atoms with E-state index in [2.05, 4.69) is 47.9 Å². The van der Waals surface area contributed by atoms with Crippen molar-refractivity contribution < 1.29 is 82.0 Å². The number of hydrogen-bond donors (Lipinski definition) is 8. The van der Waals surface area contributed by atoms with Crippen molar-refractivity contribution in [2.45, 2.75) is 172 Å². The first kappa shape index (κ1) is 66.1. The molecule has 0 aromatic carbocycles. The number of unbranched alkanes of at least 4 members (excludes halogenated alkanes) is 3. The van der Waals surface area contributed by atoms with Crippen LogP contribution in [0.25, 0.3) is 0 Å². The van der Waals surface area contributed by atoms with Gasteiger partial charge in [-0.2, -0.15) is 0 Å². The summed E-state index contributed by atoms with van der Waals surface area (Å²) in [6.07, 6.45) is 40.4. The van der Waals surface area contributed by atoms with Gasteiger partial charge in [0.05, 0.1) is 12.7 Å². The van der Waals surface area contributed by atoms with Crippen LogP contribution in [0.15, 0.2) is 134 Å². The first-order valence-corrected chi connectivity index (χ1v) is 27.9. The summed E-state index contributed by atoms with van der Waals surface area (Å²) >= 11 is 0. The molecule has 0 spiro atoms. The molecular formula is C53H82O17P2. The summed E-state index contributed by atoms with van der Waals surface area (Å²) in [7, 11) is -10.8. The van der Waals surface area contributed by atoms with E-state index in [1.807, 2.05) is 85.9 Å². The van der Waals surface area contributed by atoms with E-state index in [0.29, 0.717) is 25.7 Å². The number of ether oxygens (including phenoxy) is 2. The lowest BCUT2D eigenvalue weighted by Gasteiger charge is -2.43. The Kier molecular flexibility index (Phi) is 38.1. The summed E-state index contributed by atoms with van der Waals surface area (Å²) in [6.45, 7) is 2.74. The maximum Gasteiger partial charge on any atom is 0.472 e. The van der Waals surface area contributed by atoms with Crippen LogP contribution in [0.5, 0.6) is 0 Å². The summed E-state index contributed by atoms with van der Waals surface area (Å²) in [5, 5.41) is 51.1. The van der Waals surface area contributed by atoms with Gasteiger partial charge in [-0.1, -0.05) is 160 Å². The van der Waals surface area contributed by atoms with Gasteiger partial charge in [-0.3, -0.25) is 23.2 Å². The van der Waals surface area contributed by atoms with E-state index < -0.39 is 89.6 Å². The van der Waals surface area contributed by atoms with E-state index in [-0.39, 0.29) is 19.3 Å². The zero-order valence-electron chi connectivity index (χ0n) is 41.9. The summed E-state index contributed by atoms with van der Waals surface area (Å²) in [5.74, 6) is -1.44. The second kappa shape index (κ2) is 41.5. The van der Waals surface area contributed by atoms with Gasteiger partial charge in [0.15, 0.2) is 6.10 Å². The van der Waals surface area contributed by atoms with Gasteiger partial charge in [-0.15, -0.1) is 0 Å². The lowest BCUT2D eigenvalue weighted by Crippen LogP contribution is -2.64. The average molecular weight is 1050 g/mol. The predicted octanol–water partition coefficient (Wildman–Crippen LogP) is 9.03. The molecule has 1 rings (SSSR count). The number of esters is 2. The van der Waals surface area contributed by atoms with Gasteiger partial charge in [0.25, 0.3) is 0 Å². The molecule has 6 unspecified atom stereocenters. The van der Waals surface area contributed by atoms with Crippen LogP contribution in [-0.4, -0.2) is 114 Å². The van der Waals surface area contributed by atoms with Gasteiger partial charge >= 0.3 is 27.6 Å². The molecule has 72 heavy (non-hydrogen) atoms. The standard InChI is InChI=1S/C53H82O17P2/c1-3-5-7-8-9-10-11-12-13-14-15-16-17-20-24-27-30-33-37-41-47(56)68-45(43-67-72(64,65)70-53-50(59)48(57)49(58)52(51(53)60)69-71(61,62)63)42-66-46(55)40-36-32-29-26-23-21-18-19-22-25-28-31-35-39-44(54)38-34-6-4-2/h6,9-10,12-13,15-16,19-24,28-35,39,44-45,48-54,57-60H,3-5,7-8,11,14,17-18,25-27,36-38,40-43H2,1-2H3,(H,64,65)(H2,61,62,63)/b10-9-,13-12-,16-15-,22-19-,23-21-,24-20-,31-28+,32-29-,33-30-,34-6-,39-35+/t44?,45-,48?,49?,50?,51?,52-,53+/m1/s1. The van der Waals surface area contributed by atoms with Gasteiger partial charge in [0, 0.05) is 12.8 Å². The third kappa shape index (κ3) is 35.3. The lowest BCUT2D eigenvalue weighted by molar-refractivity contribution is -0.216. The van der Waals surface area contributed by atoms with E-state index in [4.69, 9.17) is 18.5 Å². The molecule has 1 aliphatic carbocycles. The molecule has 0 aliphatic heterocycles. The van der Waals surface area contributed by atoms with Crippen molar-refractivity contribution in [3.63, 3.8) is 0 Å². The van der Waals surface area contributed by atoms with Gasteiger partial charge in [0.2, 0.25) is 0 Å². The molecule has 1 aliphatic rings. The van der Waals surface area contributed by atoms with Crippen molar-refractivity contribution in [3.8, 4) is 0 Å². The molecular weight excluding hydrogens is 971 g/mol. The first-order valence-electron chi connectivity index (χ1n) is 24.8. The number of phosphoric acid groups is 2. The Labute approximate surface area is 426 Å². The minimum Gasteiger partial charge on any atom is -0.462 e. The molecule has 0 radical (unpaired) electrons. The van der Waals surface area contributed by atoms with Crippen LogP contribution >= 0.6 is 15.6 Å². The third-order valence-corrected chi connectivity index (χ3v) is 11.8. The van der Waals surface area contributed by atoms with Crippen molar-refractivity contribution in [3.05, 3.63) is 134 Å². The normalized spacial score (nSPS) is 22.3. The Morgan fingerprint density at radius 2 is 1.00 bits per heavy atom. The molecule has 0 saturated heterocycles. The monoisotopic (exact) mass is 1050 g/mol. The molecule has 1 fully saturated rings. The molecule has 0 bridgehead atoms. The highest BCUT2D eigenvalue weighted by Crippen LogP contribution is 2.49. The minimum absolute atomic E-state index is 0.0443. The Morgan fingerprint density at radius 3 is 1.50 bits per heavy atom. The van der Waals surface area contributed by atoms with E-state index in [1.165, 1.54) is 19.3 Å². The Bertz CT molecular complexity index is 1910. The molecule has 0 amide bonds. The van der Waals surface area contributed by atoms with Crippen LogP contribution < -0.4 is 0 Å². The highest BCUT2D eigenvalue weighted by molar-refractivity contribution is 7.47. The molecule has 8 N–H and O–H groups in total. The lowest BCUT2D eigenvalue weighted by atomic mass is 9.85. The topological polar surface area (TPSA) is 276 Å². The second-order valence-electron chi connectivity index (χ2n) is 16.6. The molecule has 19 heteroatoms. The maximum atomic E-state index is 13.0. The number of carbonyl (C=O) groups is 2. The quantitative estimate of drug-likeness (QED) is 0.00937. The van der Waals surface area contributed by atoms with Gasteiger partial charge in [0.1, 0.15) is 43.2 Å². The second-order valence-corrected chi connectivity index (χ2v) is 19.2. The highest BCUT2D eigenvalue weighted by Gasteiger charge is 2.54. The fourth-order valence-electron chi connectivity index (χ4n) is 6.47. The molecule has 1 saturated carbocycles. The largest absolute Gasteiger partial charge is 0.472 e. The van der Waals surface area contributed by atoms with Gasteiger partial charge < -0.3 is 49.7 Å². The Morgan fingerprint density at radius 1 is 0.528 bits per heavy atom. The van der Waals surface area contributed by atoms with E-state index >= 15 is 0 Å². The number of hydrogen-bond acceptors (Lipinski definition) is 14.